The van der Waals surface area contributed by atoms with Crippen LogP contribution in [-0.4, -0.2) is 17.1 Å². The van der Waals surface area contributed by atoms with E-state index in [9.17, 15) is 4.79 Å². The van der Waals surface area contributed by atoms with Crippen molar-refractivity contribution in [2.45, 2.75) is 0 Å². The molecule has 1 amide bonds. The summed E-state index contributed by atoms with van der Waals surface area (Å²) >= 11 is 3.39. The molecule has 0 saturated heterocycles. The second-order valence-electron chi connectivity index (χ2n) is 3.30. The van der Waals surface area contributed by atoms with Crippen molar-refractivity contribution < 1.29 is 4.79 Å². The highest BCUT2D eigenvalue weighted by molar-refractivity contribution is 9.10. The van der Waals surface area contributed by atoms with E-state index in [1.807, 2.05) is 24.3 Å². The van der Waals surface area contributed by atoms with Crippen molar-refractivity contribution in [2.24, 2.45) is 5.10 Å². The summed E-state index contributed by atoms with van der Waals surface area (Å²) in [5, 5.41) is 3.88. The Kier molecular flexibility index (Phi) is 3.72. The van der Waals surface area contributed by atoms with E-state index in [2.05, 4.69) is 31.4 Å². The Morgan fingerprint density at radius 2 is 2.12 bits per heavy atom. The summed E-state index contributed by atoms with van der Waals surface area (Å²) in [6.07, 6.45) is 3.28. The number of hydrogen-bond donors (Lipinski definition) is 2. The lowest BCUT2D eigenvalue weighted by atomic mass is 10.2. The van der Waals surface area contributed by atoms with Gasteiger partial charge >= 0.3 is 0 Å². The van der Waals surface area contributed by atoms with Crippen LogP contribution in [0.5, 0.6) is 0 Å². The molecule has 86 valence electrons. The zero-order chi connectivity index (χ0) is 12.1. The van der Waals surface area contributed by atoms with Gasteiger partial charge in [0.05, 0.1) is 6.21 Å². The molecule has 2 N–H and O–H groups in total. The van der Waals surface area contributed by atoms with Crippen LogP contribution in [-0.2, 0) is 0 Å². The molecule has 0 radical (unpaired) electrons. The third kappa shape index (κ3) is 3.04. The summed E-state index contributed by atoms with van der Waals surface area (Å²) in [5.41, 5.74) is 3.82. The van der Waals surface area contributed by atoms with Gasteiger partial charge in [-0.25, -0.2) is 5.43 Å². The molecule has 0 fully saturated rings. The van der Waals surface area contributed by atoms with Gasteiger partial charge in [-0.15, -0.1) is 0 Å². The monoisotopic (exact) mass is 291 g/mol. The highest BCUT2D eigenvalue weighted by Crippen LogP contribution is 2.13. The average molecular weight is 292 g/mol. The first-order chi connectivity index (χ1) is 8.27. The molecule has 0 bridgehead atoms. The molecule has 1 heterocycles. The van der Waals surface area contributed by atoms with Crippen LogP contribution in [0.2, 0.25) is 0 Å². The van der Waals surface area contributed by atoms with E-state index in [0.717, 1.165) is 10.0 Å². The van der Waals surface area contributed by atoms with Gasteiger partial charge in [-0.3, -0.25) is 4.79 Å². The molecule has 0 aliphatic carbocycles. The number of carbonyl (C=O) groups is 1. The minimum Gasteiger partial charge on any atom is -0.357 e. The summed E-state index contributed by atoms with van der Waals surface area (Å²) < 4.78 is 0.929. The SMILES string of the molecule is O=C(N/N=C\c1ccccc1Br)c1ccc[nH]1. The van der Waals surface area contributed by atoms with E-state index < -0.39 is 0 Å². The molecule has 0 unspecified atom stereocenters. The minimum absolute atomic E-state index is 0.265. The van der Waals surface area contributed by atoms with E-state index >= 15 is 0 Å². The number of aromatic amines is 1. The number of benzene rings is 1. The van der Waals surface area contributed by atoms with Gasteiger partial charge in [0.15, 0.2) is 0 Å². The fourth-order valence-corrected chi connectivity index (χ4v) is 1.66. The van der Waals surface area contributed by atoms with Crippen molar-refractivity contribution >= 4 is 28.1 Å². The highest BCUT2D eigenvalue weighted by Gasteiger charge is 2.03. The third-order valence-corrected chi connectivity index (χ3v) is 2.84. The van der Waals surface area contributed by atoms with Crippen LogP contribution in [0.3, 0.4) is 0 Å². The van der Waals surface area contributed by atoms with E-state index in [1.165, 1.54) is 0 Å². The number of nitrogens with zero attached hydrogens (tertiary/aromatic N) is 1. The molecule has 1 aromatic carbocycles. The standard InChI is InChI=1S/C12H10BrN3O/c13-10-5-2-1-4-9(10)8-15-16-12(17)11-6-3-7-14-11/h1-8,14H,(H,16,17)/b15-8-. The molecule has 4 nitrogen and oxygen atoms in total. The fraction of sp³-hybridized carbons (Fsp3) is 0. The van der Waals surface area contributed by atoms with Crippen molar-refractivity contribution in [1.29, 1.82) is 0 Å². The lowest BCUT2D eigenvalue weighted by Crippen LogP contribution is -2.17. The summed E-state index contributed by atoms with van der Waals surface area (Å²) in [6, 6.07) is 11.1. The number of hydrazone groups is 1. The molecule has 0 aliphatic rings. The van der Waals surface area contributed by atoms with E-state index in [0.29, 0.717) is 5.69 Å². The van der Waals surface area contributed by atoms with Gasteiger partial charge in [0, 0.05) is 16.2 Å². The summed E-state index contributed by atoms with van der Waals surface area (Å²) in [4.78, 5) is 14.3. The predicted octanol–water partition coefficient (Wildman–Crippen LogP) is 2.54. The molecule has 0 saturated carbocycles. The van der Waals surface area contributed by atoms with Gasteiger partial charge < -0.3 is 4.98 Å². The Balaban J connectivity index is 1.99. The number of nitrogens with one attached hydrogen (secondary N) is 2. The quantitative estimate of drug-likeness (QED) is 0.663. The van der Waals surface area contributed by atoms with E-state index in [1.54, 1.807) is 24.5 Å². The lowest BCUT2D eigenvalue weighted by molar-refractivity contribution is 0.0951. The van der Waals surface area contributed by atoms with Gasteiger partial charge in [-0.2, -0.15) is 5.10 Å². The molecule has 5 heteroatoms. The van der Waals surface area contributed by atoms with Gasteiger partial charge in [-0.05, 0) is 18.2 Å². The minimum atomic E-state index is -0.265. The Hall–Kier alpha value is -1.88. The Bertz CT molecular complexity index is 534. The second kappa shape index (κ2) is 5.45. The molecule has 17 heavy (non-hydrogen) atoms. The van der Waals surface area contributed by atoms with Gasteiger partial charge in [0.1, 0.15) is 5.69 Å². The fourth-order valence-electron chi connectivity index (χ4n) is 1.27. The number of aromatic nitrogens is 1. The average Bonchev–Trinajstić information content (AvgIpc) is 2.85. The van der Waals surface area contributed by atoms with Crippen molar-refractivity contribution in [1.82, 2.24) is 10.4 Å². The predicted molar refractivity (Wildman–Crippen MR) is 70.0 cm³/mol. The third-order valence-electron chi connectivity index (χ3n) is 2.12. The van der Waals surface area contributed by atoms with Crippen LogP contribution in [0, 0.1) is 0 Å². The normalized spacial score (nSPS) is 10.6. The highest BCUT2D eigenvalue weighted by atomic mass is 79.9. The van der Waals surface area contributed by atoms with Gasteiger partial charge in [0.2, 0.25) is 0 Å². The first kappa shape index (κ1) is 11.6. The number of H-pyrrole nitrogens is 1. The lowest BCUT2D eigenvalue weighted by Gasteiger charge is -1.98. The molecule has 2 rings (SSSR count). The van der Waals surface area contributed by atoms with Crippen LogP contribution in [0.15, 0.2) is 52.2 Å². The topological polar surface area (TPSA) is 57.2 Å². The molecule has 2 aromatic rings. The van der Waals surface area contributed by atoms with Crippen LogP contribution >= 0.6 is 15.9 Å². The number of carbonyl (C=O) groups excluding carboxylic acids is 1. The van der Waals surface area contributed by atoms with Crippen molar-refractivity contribution in [3.63, 3.8) is 0 Å². The summed E-state index contributed by atoms with van der Waals surface area (Å²) in [7, 11) is 0. The van der Waals surface area contributed by atoms with Crippen molar-refractivity contribution in [3.8, 4) is 0 Å². The molecule has 0 aliphatic heterocycles. The molecular formula is C12H10BrN3O. The van der Waals surface area contributed by atoms with E-state index in [-0.39, 0.29) is 5.91 Å². The number of amides is 1. The zero-order valence-corrected chi connectivity index (χ0v) is 10.4. The summed E-state index contributed by atoms with van der Waals surface area (Å²) in [6.45, 7) is 0. The summed E-state index contributed by atoms with van der Waals surface area (Å²) in [5.74, 6) is -0.265. The van der Waals surface area contributed by atoms with Crippen LogP contribution < -0.4 is 5.43 Å². The van der Waals surface area contributed by atoms with E-state index in [4.69, 9.17) is 0 Å². The first-order valence-electron chi connectivity index (χ1n) is 4.98. The van der Waals surface area contributed by atoms with Crippen LogP contribution in [0.1, 0.15) is 16.1 Å². The Labute approximate surface area is 107 Å². The maximum Gasteiger partial charge on any atom is 0.287 e. The number of hydrogen-bond acceptors (Lipinski definition) is 2. The van der Waals surface area contributed by atoms with Gasteiger partial charge in [-0.1, -0.05) is 34.1 Å². The Morgan fingerprint density at radius 3 is 2.82 bits per heavy atom. The van der Waals surface area contributed by atoms with Crippen molar-refractivity contribution in [3.05, 3.63) is 58.3 Å². The van der Waals surface area contributed by atoms with Gasteiger partial charge in [0.25, 0.3) is 5.91 Å². The molecule has 0 spiro atoms. The second-order valence-corrected chi connectivity index (χ2v) is 4.16. The Morgan fingerprint density at radius 1 is 1.29 bits per heavy atom. The largest absolute Gasteiger partial charge is 0.357 e. The molecule has 0 atom stereocenters. The first-order valence-corrected chi connectivity index (χ1v) is 5.78. The zero-order valence-electron chi connectivity index (χ0n) is 8.85. The maximum atomic E-state index is 11.5. The number of halogens is 1. The smallest absolute Gasteiger partial charge is 0.287 e. The maximum absolute atomic E-state index is 11.5. The molecule has 1 aromatic heterocycles. The van der Waals surface area contributed by atoms with Crippen molar-refractivity contribution in [2.75, 3.05) is 0 Å². The number of rotatable bonds is 3. The van der Waals surface area contributed by atoms with Crippen LogP contribution in [0.25, 0.3) is 0 Å². The van der Waals surface area contributed by atoms with Crippen LogP contribution in [0.4, 0.5) is 0 Å². The molecular weight excluding hydrogens is 282 g/mol.